The van der Waals surface area contributed by atoms with Gasteiger partial charge < -0.3 is 25.5 Å². The van der Waals surface area contributed by atoms with Crippen molar-refractivity contribution in [2.24, 2.45) is 11.8 Å². The minimum Gasteiger partial charge on any atom is -0.400 e. The number of hydrogen-bond donors (Lipinski definition) is 5. The van der Waals surface area contributed by atoms with Crippen LogP contribution < -0.4 is 0 Å². The largest absolute Gasteiger partial charge is 0.400 e. The predicted molar refractivity (Wildman–Crippen MR) is 385 cm³/mol. The molecule has 0 bridgehead atoms. The number of benzene rings is 16. The van der Waals surface area contributed by atoms with Crippen LogP contribution in [-0.4, -0.2) is 61.1 Å². The molecule has 5 nitrogen and oxygen atoms in total. The Bertz CT molecular complexity index is 3350. The summed E-state index contributed by atoms with van der Waals surface area (Å²) < 4.78 is 0. The fourth-order valence-corrected chi connectivity index (χ4v) is 10.7. The topological polar surface area (TPSA) is 101 Å². The van der Waals surface area contributed by atoms with Crippen molar-refractivity contribution in [2.45, 2.75) is 69.2 Å². The molecule has 0 saturated heterocycles. The highest BCUT2D eigenvalue weighted by atomic mass is 16.2. The first-order valence-corrected chi connectivity index (χ1v) is 29.9. The summed E-state index contributed by atoms with van der Waals surface area (Å²) in [5, 5.41) is 67.6. The van der Waals surface area contributed by atoms with Gasteiger partial charge in [-0.15, -0.1) is 0 Å². The van der Waals surface area contributed by atoms with Gasteiger partial charge in [0.15, 0.2) is 0 Å². The summed E-state index contributed by atoms with van der Waals surface area (Å²) in [5.74, 6) is 1.67. The van der Waals surface area contributed by atoms with Gasteiger partial charge in [-0.1, -0.05) is 312 Å². The molecule has 0 aliphatic heterocycles. The zero-order valence-corrected chi connectivity index (χ0v) is 53.5. The van der Waals surface area contributed by atoms with E-state index in [4.69, 9.17) is 25.5 Å². The summed E-state index contributed by atoms with van der Waals surface area (Å²) in [6, 6.07) is 87.4. The third-order valence-electron chi connectivity index (χ3n) is 13.6. The summed E-state index contributed by atoms with van der Waals surface area (Å²) in [5.41, 5.74) is 0. The fraction of sp³-hybridized carbons (Fsp3) is 0.210. The molecule has 16 aromatic rings. The standard InChI is InChI=1S/4C16H10.2C4H10.2C2H6.5CH4O/c4*1-3-11-7-9-13-5-2-6-14-10-8-12(4-1)15(11)16(13)14;2*1-4(2)3;7*1-2/h4*1-10H;2*4H,1-3H3;2*1-2H3;5*2H,1H3. The zero-order chi connectivity index (χ0) is 63.3. The molecule has 0 unspecified atom stereocenters. The van der Waals surface area contributed by atoms with E-state index in [0.717, 1.165) is 47.4 Å². The lowest BCUT2D eigenvalue weighted by molar-refractivity contribution is 0.399. The molecule has 0 aliphatic rings. The molecule has 0 saturated carbocycles. The van der Waals surface area contributed by atoms with Crippen molar-refractivity contribution in [2.75, 3.05) is 35.5 Å². The van der Waals surface area contributed by atoms with Gasteiger partial charge in [-0.2, -0.15) is 0 Å². The van der Waals surface area contributed by atoms with E-state index in [-0.39, 0.29) is 0 Å². The van der Waals surface area contributed by atoms with Crippen LogP contribution in [0, 0.1) is 11.8 Å². The fourth-order valence-electron chi connectivity index (χ4n) is 10.7. The summed E-state index contributed by atoms with van der Waals surface area (Å²) in [6.45, 7) is 21.0. The van der Waals surface area contributed by atoms with E-state index >= 15 is 0 Å². The summed E-state index contributed by atoms with van der Waals surface area (Å²) in [4.78, 5) is 0. The molecule has 0 fully saturated rings. The molecular weight excluding hydrogens is 1050 g/mol. The van der Waals surface area contributed by atoms with Crippen molar-refractivity contribution >= 4 is 129 Å². The van der Waals surface area contributed by atoms with Crippen molar-refractivity contribution in [3.8, 4) is 0 Å². The van der Waals surface area contributed by atoms with Crippen LogP contribution >= 0.6 is 0 Å². The summed E-state index contributed by atoms with van der Waals surface area (Å²) in [7, 11) is 5.00. The molecule has 86 heavy (non-hydrogen) atoms. The monoisotopic (exact) mass is 1140 g/mol. The summed E-state index contributed by atoms with van der Waals surface area (Å²) >= 11 is 0. The first-order chi connectivity index (χ1) is 42.2. The lowest BCUT2D eigenvalue weighted by Gasteiger charge is -2.09. The number of rotatable bonds is 0. The van der Waals surface area contributed by atoms with Crippen LogP contribution in [0.5, 0.6) is 0 Å². The van der Waals surface area contributed by atoms with Crippen LogP contribution in [0.3, 0.4) is 0 Å². The molecule has 5 heteroatoms. The van der Waals surface area contributed by atoms with Gasteiger partial charge in [0.25, 0.3) is 0 Å². The first-order valence-electron chi connectivity index (χ1n) is 29.9. The van der Waals surface area contributed by atoms with E-state index in [2.05, 4.69) is 284 Å². The molecular formula is C81H92O5. The van der Waals surface area contributed by atoms with Gasteiger partial charge in [0.1, 0.15) is 0 Å². The highest BCUT2D eigenvalue weighted by molar-refractivity contribution is 6.26. The molecule has 0 atom stereocenters. The predicted octanol–water partition coefficient (Wildman–Crippen LogP) is 21.8. The van der Waals surface area contributed by atoms with Gasteiger partial charge in [-0.25, -0.2) is 0 Å². The lowest BCUT2D eigenvalue weighted by Crippen LogP contribution is -1.82. The summed E-state index contributed by atoms with van der Waals surface area (Å²) in [6.07, 6.45) is 0. The molecule has 16 aromatic carbocycles. The number of aliphatic hydroxyl groups is 5. The Morgan fingerprint density at radius 2 is 0.209 bits per heavy atom. The molecule has 446 valence electrons. The van der Waals surface area contributed by atoms with Crippen LogP contribution in [-0.2, 0) is 0 Å². The average molecular weight is 1150 g/mol. The highest BCUT2D eigenvalue weighted by Gasteiger charge is 2.10. The van der Waals surface area contributed by atoms with Gasteiger partial charge in [-0.3, -0.25) is 0 Å². The zero-order valence-electron chi connectivity index (χ0n) is 53.5. The van der Waals surface area contributed by atoms with E-state index < -0.39 is 0 Å². The Balaban J connectivity index is 0.000000221. The Morgan fingerprint density at radius 1 is 0.151 bits per heavy atom. The second kappa shape index (κ2) is 36.4. The minimum absolute atomic E-state index is 0.833. The van der Waals surface area contributed by atoms with Crippen molar-refractivity contribution < 1.29 is 25.5 Å². The van der Waals surface area contributed by atoms with E-state index in [1.54, 1.807) is 0 Å². The van der Waals surface area contributed by atoms with Crippen molar-refractivity contribution in [3.05, 3.63) is 243 Å². The van der Waals surface area contributed by atoms with Crippen LogP contribution in [0.1, 0.15) is 69.2 Å². The van der Waals surface area contributed by atoms with Gasteiger partial charge in [-0.05, 0) is 141 Å². The molecule has 16 rings (SSSR count). The molecule has 0 amide bonds. The number of aliphatic hydroxyl groups excluding tert-OH is 5. The van der Waals surface area contributed by atoms with Crippen LogP contribution in [0.25, 0.3) is 129 Å². The molecule has 0 radical (unpaired) electrons. The van der Waals surface area contributed by atoms with Crippen molar-refractivity contribution in [3.63, 3.8) is 0 Å². The smallest absolute Gasteiger partial charge is 0.0319 e. The van der Waals surface area contributed by atoms with Gasteiger partial charge in [0, 0.05) is 35.5 Å². The maximum Gasteiger partial charge on any atom is 0.0319 e. The maximum atomic E-state index is 7.00. The lowest BCUT2D eigenvalue weighted by atomic mass is 9.95. The second-order valence-corrected chi connectivity index (χ2v) is 20.6. The maximum absolute atomic E-state index is 7.00. The van der Waals surface area contributed by atoms with Crippen LogP contribution in [0.15, 0.2) is 243 Å². The normalized spacial score (nSPS) is 10.1. The van der Waals surface area contributed by atoms with E-state index in [9.17, 15) is 0 Å². The minimum atomic E-state index is 0.833. The van der Waals surface area contributed by atoms with Crippen LogP contribution in [0.2, 0.25) is 0 Å². The van der Waals surface area contributed by atoms with Crippen molar-refractivity contribution in [1.29, 1.82) is 0 Å². The number of hydrogen-bond acceptors (Lipinski definition) is 5. The molecule has 5 N–H and O–H groups in total. The molecule has 0 spiro atoms. The van der Waals surface area contributed by atoms with Crippen LogP contribution in [0.4, 0.5) is 0 Å². The molecule has 0 heterocycles. The van der Waals surface area contributed by atoms with E-state index in [0.29, 0.717) is 0 Å². The SMILES string of the molecule is CC.CC.CC(C)C.CC(C)C.CO.CO.CO.CO.CO.c1cc2ccc3cccc4ccc(c1)c2c34.c1cc2ccc3cccc4ccc(c1)c2c34.c1cc2ccc3cccc4ccc(c1)c2c34.c1cc2ccc3cccc4ccc(c1)c2c34. The quantitative estimate of drug-likeness (QED) is 0.0974. The second-order valence-electron chi connectivity index (χ2n) is 20.6. The van der Waals surface area contributed by atoms with E-state index in [1.165, 1.54) is 129 Å². The van der Waals surface area contributed by atoms with Gasteiger partial charge in [0.2, 0.25) is 0 Å². The van der Waals surface area contributed by atoms with E-state index in [1.807, 2.05) is 27.7 Å². The third kappa shape index (κ3) is 16.5. The van der Waals surface area contributed by atoms with Gasteiger partial charge in [0.05, 0.1) is 0 Å². The Morgan fingerprint density at radius 3 is 0.267 bits per heavy atom. The van der Waals surface area contributed by atoms with Gasteiger partial charge >= 0.3 is 0 Å². The highest BCUT2D eigenvalue weighted by Crippen LogP contribution is 2.38. The first kappa shape index (κ1) is 70.0. The Labute approximate surface area is 511 Å². The average Bonchev–Trinajstić information content (AvgIpc) is 0.952. The third-order valence-corrected chi connectivity index (χ3v) is 13.6. The van der Waals surface area contributed by atoms with Crippen molar-refractivity contribution in [1.82, 2.24) is 0 Å². The molecule has 0 aliphatic carbocycles. The molecule has 0 aromatic heterocycles. The Kier molecular flexibility index (Phi) is 29.6. The Hall–Kier alpha value is -8.52.